The summed E-state index contributed by atoms with van der Waals surface area (Å²) >= 11 is 0. The van der Waals surface area contributed by atoms with Gasteiger partial charge < -0.3 is 9.47 Å². The highest BCUT2D eigenvalue weighted by atomic mass is 16.6. The van der Waals surface area contributed by atoms with Crippen LogP contribution in [-0.4, -0.2) is 19.2 Å². The molecule has 0 spiro atoms. The van der Waals surface area contributed by atoms with Gasteiger partial charge in [0.15, 0.2) is 6.61 Å². The molecule has 21 heavy (non-hydrogen) atoms. The Labute approximate surface area is 128 Å². The van der Waals surface area contributed by atoms with Crippen LogP contribution in [0.1, 0.15) is 59.6 Å². The Kier molecular flexibility index (Phi) is 5.43. The van der Waals surface area contributed by atoms with E-state index < -0.39 is 0 Å². The van der Waals surface area contributed by atoms with Crippen LogP contribution in [0, 0.1) is 0 Å². The van der Waals surface area contributed by atoms with Crippen molar-refractivity contribution in [3.05, 3.63) is 29.3 Å². The van der Waals surface area contributed by atoms with Crippen molar-refractivity contribution in [3.63, 3.8) is 0 Å². The van der Waals surface area contributed by atoms with E-state index >= 15 is 0 Å². The molecule has 0 atom stereocenters. The lowest BCUT2D eigenvalue weighted by Crippen LogP contribution is -2.18. The zero-order chi connectivity index (χ0) is 16.3. The molecule has 0 aromatic heterocycles. The van der Waals surface area contributed by atoms with Crippen LogP contribution >= 0.6 is 0 Å². The van der Waals surface area contributed by atoms with E-state index in [1.165, 1.54) is 11.1 Å². The number of rotatable bonds is 4. The lowest BCUT2D eigenvalue weighted by molar-refractivity contribution is -0.145. The van der Waals surface area contributed by atoms with Crippen molar-refractivity contribution in [1.29, 1.82) is 0 Å². The van der Waals surface area contributed by atoms with Crippen LogP contribution in [0.4, 0.5) is 0 Å². The van der Waals surface area contributed by atoms with E-state index in [1.807, 2.05) is 12.1 Å². The minimum Gasteiger partial charge on any atom is -0.482 e. The van der Waals surface area contributed by atoms with Gasteiger partial charge in [0.2, 0.25) is 0 Å². The SMILES string of the molecule is CCOC(=O)COc1cc(C(C)(C)C)cc(C(C)(C)C)c1. The van der Waals surface area contributed by atoms with Gasteiger partial charge in [0, 0.05) is 0 Å². The van der Waals surface area contributed by atoms with Crippen LogP contribution in [0.25, 0.3) is 0 Å². The molecule has 0 saturated carbocycles. The van der Waals surface area contributed by atoms with Crippen molar-refractivity contribution in [1.82, 2.24) is 0 Å². The maximum absolute atomic E-state index is 11.4. The first-order valence-corrected chi connectivity index (χ1v) is 7.48. The molecule has 0 fully saturated rings. The first kappa shape index (κ1) is 17.5. The standard InChI is InChI=1S/C18H28O3/c1-8-20-16(19)12-21-15-10-13(17(2,3)4)9-14(11-15)18(5,6)7/h9-11H,8,12H2,1-7H3. The van der Waals surface area contributed by atoms with Crippen LogP contribution in [0.2, 0.25) is 0 Å². The molecule has 0 radical (unpaired) electrons. The quantitative estimate of drug-likeness (QED) is 0.779. The van der Waals surface area contributed by atoms with Gasteiger partial charge in [-0.15, -0.1) is 0 Å². The number of esters is 1. The van der Waals surface area contributed by atoms with E-state index in [1.54, 1.807) is 6.92 Å². The summed E-state index contributed by atoms with van der Waals surface area (Å²) in [6.07, 6.45) is 0. The molecule has 0 aliphatic carbocycles. The van der Waals surface area contributed by atoms with E-state index in [9.17, 15) is 4.79 Å². The molecule has 1 rings (SSSR count). The van der Waals surface area contributed by atoms with E-state index in [0.717, 1.165) is 5.75 Å². The summed E-state index contributed by atoms with van der Waals surface area (Å²) in [5.74, 6) is 0.386. The summed E-state index contributed by atoms with van der Waals surface area (Å²) in [5, 5.41) is 0. The molecular formula is C18H28O3. The number of carbonyl (C=O) groups is 1. The summed E-state index contributed by atoms with van der Waals surface area (Å²) in [6, 6.07) is 6.24. The Morgan fingerprint density at radius 3 is 1.81 bits per heavy atom. The second-order valence-corrected chi connectivity index (χ2v) is 7.34. The van der Waals surface area contributed by atoms with Gasteiger partial charge in [0.05, 0.1) is 6.61 Å². The van der Waals surface area contributed by atoms with E-state index in [2.05, 4.69) is 47.6 Å². The van der Waals surface area contributed by atoms with Crippen molar-refractivity contribution >= 4 is 5.97 Å². The number of hydrogen-bond donors (Lipinski definition) is 0. The second kappa shape index (κ2) is 6.50. The fraction of sp³-hybridized carbons (Fsp3) is 0.611. The lowest BCUT2D eigenvalue weighted by atomic mass is 9.80. The molecule has 1 aromatic carbocycles. The Balaban J connectivity index is 3.06. The van der Waals surface area contributed by atoms with Gasteiger partial charge in [-0.1, -0.05) is 47.6 Å². The third-order valence-corrected chi connectivity index (χ3v) is 3.30. The highest BCUT2D eigenvalue weighted by Crippen LogP contribution is 2.32. The fourth-order valence-electron chi connectivity index (χ4n) is 1.89. The first-order valence-electron chi connectivity index (χ1n) is 7.48. The molecule has 3 heteroatoms. The first-order chi connectivity index (χ1) is 9.54. The fourth-order valence-corrected chi connectivity index (χ4v) is 1.89. The highest BCUT2D eigenvalue weighted by molar-refractivity contribution is 5.71. The topological polar surface area (TPSA) is 35.5 Å². The van der Waals surface area contributed by atoms with Crippen LogP contribution in [-0.2, 0) is 20.4 Å². The van der Waals surface area contributed by atoms with Crippen molar-refractivity contribution in [2.24, 2.45) is 0 Å². The number of carbonyl (C=O) groups excluding carboxylic acids is 1. The van der Waals surface area contributed by atoms with Crippen molar-refractivity contribution < 1.29 is 14.3 Å². The Bertz CT molecular complexity index is 458. The molecule has 1 aromatic rings. The maximum Gasteiger partial charge on any atom is 0.344 e. The summed E-state index contributed by atoms with van der Waals surface area (Å²) in [6.45, 7) is 15.1. The van der Waals surface area contributed by atoms with Crippen LogP contribution in [0.5, 0.6) is 5.75 Å². The molecule has 0 aliphatic rings. The molecule has 3 nitrogen and oxygen atoms in total. The summed E-state index contributed by atoms with van der Waals surface area (Å²) in [4.78, 5) is 11.4. The largest absolute Gasteiger partial charge is 0.482 e. The highest BCUT2D eigenvalue weighted by Gasteiger charge is 2.21. The van der Waals surface area contributed by atoms with E-state index in [4.69, 9.17) is 9.47 Å². The Hall–Kier alpha value is -1.51. The summed E-state index contributed by atoms with van der Waals surface area (Å²) < 4.78 is 10.5. The molecule has 0 heterocycles. The van der Waals surface area contributed by atoms with Gasteiger partial charge in [-0.2, -0.15) is 0 Å². The number of ether oxygens (including phenoxy) is 2. The second-order valence-electron chi connectivity index (χ2n) is 7.34. The molecular weight excluding hydrogens is 264 g/mol. The molecule has 118 valence electrons. The van der Waals surface area contributed by atoms with Crippen LogP contribution in [0.3, 0.4) is 0 Å². The van der Waals surface area contributed by atoms with Gasteiger partial charge >= 0.3 is 5.97 Å². The Morgan fingerprint density at radius 2 is 1.43 bits per heavy atom. The van der Waals surface area contributed by atoms with Gasteiger partial charge in [0.1, 0.15) is 5.75 Å². The molecule has 0 bridgehead atoms. The smallest absolute Gasteiger partial charge is 0.344 e. The average Bonchev–Trinajstić information content (AvgIpc) is 2.34. The third kappa shape index (κ3) is 5.41. The van der Waals surface area contributed by atoms with Gasteiger partial charge in [-0.3, -0.25) is 0 Å². The van der Waals surface area contributed by atoms with Gasteiger partial charge in [0.25, 0.3) is 0 Å². The molecule has 0 N–H and O–H groups in total. The predicted molar refractivity (Wildman–Crippen MR) is 86.0 cm³/mol. The lowest BCUT2D eigenvalue weighted by Gasteiger charge is -2.26. The molecule has 0 unspecified atom stereocenters. The van der Waals surface area contributed by atoms with E-state index in [-0.39, 0.29) is 23.4 Å². The third-order valence-electron chi connectivity index (χ3n) is 3.30. The number of benzene rings is 1. The van der Waals surface area contributed by atoms with Crippen molar-refractivity contribution in [2.45, 2.75) is 59.3 Å². The minimum absolute atomic E-state index is 0.0310. The summed E-state index contributed by atoms with van der Waals surface area (Å²) in [7, 11) is 0. The predicted octanol–water partition coefficient (Wildman–Crippen LogP) is 4.22. The maximum atomic E-state index is 11.4. The van der Waals surface area contributed by atoms with Gasteiger partial charge in [-0.25, -0.2) is 4.79 Å². The molecule has 0 saturated heterocycles. The van der Waals surface area contributed by atoms with Crippen molar-refractivity contribution in [2.75, 3.05) is 13.2 Å². The normalized spacial score (nSPS) is 12.1. The van der Waals surface area contributed by atoms with E-state index in [0.29, 0.717) is 6.61 Å². The molecule has 0 amide bonds. The average molecular weight is 292 g/mol. The zero-order valence-corrected chi connectivity index (χ0v) is 14.4. The van der Waals surface area contributed by atoms with Crippen LogP contribution < -0.4 is 4.74 Å². The van der Waals surface area contributed by atoms with Crippen molar-refractivity contribution in [3.8, 4) is 5.75 Å². The minimum atomic E-state index is -0.337. The van der Waals surface area contributed by atoms with Gasteiger partial charge in [-0.05, 0) is 41.0 Å². The van der Waals surface area contributed by atoms with Crippen LogP contribution in [0.15, 0.2) is 18.2 Å². The zero-order valence-electron chi connectivity index (χ0n) is 14.4. The Morgan fingerprint density at radius 1 is 0.952 bits per heavy atom. The number of hydrogen-bond acceptors (Lipinski definition) is 3. The summed E-state index contributed by atoms with van der Waals surface area (Å²) in [5.41, 5.74) is 2.47. The monoisotopic (exact) mass is 292 g/mol. The molecule has 0 aliphatic heterocycles.